The molecule has 1 aromatic rings. The number of aryl methyl sites for hydroxylation is 1. The number of hydrogen-bond donors (Lipinski definition) is 1. The maximum atomic E-state index is 11.8. The van der Waals surface area contributed by atoms with Crippen molar-refractivity contribution in [3.8, 4) is 0 Å². The molecule has 0 radical (unpaired) electrons. The summed E-state index contributed by atoms with van der Waals surface area (Å²) >= 11 is 0. The van der Waals surface area contributed by atoms with Crippen LogP contribution in [-0.4, -0.2) is 9.55 Å². The molecule has 0 aliphatic rings. The van der Waals surface area contributed by atoms with Crippen LogP contribution in [0.2, 0.25) is 0 Å². The summed E-state index contributed by atoms with van der Waals surface area (Å²) in [7, 11) is 0. The number of hydrogen-bond acceptors (Lipinski definition) is 2. The van der Waals surface area contributed by atoms with Crippen molar-refractivity contribution in [2.75, 3.05) is 0 Å². The highest BCUT2D eigenvalue weighted by molar-refractivity contribution is 5.12. The minimum Gasteiger partial charge on any atom is -0.311 e. The van der Waals surface area contributed by atoms with Crippen molar-refractivity contribution in [1.82, 2.24) is 9.55 Å². The largest absolute Gasteiger partial charge is 0.328 e. The molecule has 1 unspecified atom stereocenters. The van der Waals surface area contributed by atoms with Gasteiger partial charge in [0.2, 0.25) is 0 Å². The van der Waals surface area contributed by atoms with Gasteiger partial charge in [0.1, 0.15) is 0 Å². The van der Waals surface area contributed by atoms with Crippen molar-refractivity contribution in [2.45, 2.75) is 40.7 Å². The SMILES string of the molecule is CCC(C)Cn1c(=O)[nH]c(C)c(C)c1=O. The zero-order chi connectivity index (χ0) is 11.6. The zero-order valence-electron chi connectivity index (χ0n) is 9.76. The molecule has 1 heterocycles. The number of nitrogens with one attached hydrogen (secondary N) is 1. The first-order valence-electron chi connectivity index (χ1n) is 5.27. The average molecular weight is 210 g/mol. The van der Waals surface area contributed by atoms with E-state index in [4.69, 9.17) is 0 Å². The quantitative estimate of drug-likeness (QED) is 0.815. The van der Waals surface area contributed by atoms with E-state index in [0.29, 0.717) is 23.7 Å². The number of aromatic amines is 1. The molecule has 0 bridgehead atoms. The van der Waals surface area contributed by atoms with Gasteiger partial charge in [-0.25, -0.2) is 4.79 Å². The molecule has 0 aliphatic carbocycles. The average Bonchev–Trinajstić information content (AvgIpc) is 2.21. The van der Waals surface area contributed by atoms with Gasteiger partial charge in [-0.05, 0) is 19.8 Å². The molecule has 0 aliphatic heterocycles. The predicted octanol–water partition coefficient (Wildman–Crippen LogP) is 1.20. The molecule has 15 heavy (non-hydrogen) atoms. The predicted molar refractivity (Wildman–Crippen MR) is 60.3 cm³/mol. The van der Waals surface area contributed by atoms with E-state index in [1.165, 1.54) is 4.57 Å². The molecule has 0 saturated heterocycles. The van der Waals surface area contributed by atoms with Crippen molar-refractivity contribution in [3.63, 3.8) is 0 Å². The van der Waals surface area contributed by atoms with Crippen LogP contribution >= 0.6 is 0 Å². The summed E-state index contributed by atoms with van der Waals surface area (Å²) in [5.74, 6) is 0.339. The smallest absolute Gasteiger partial charge is 0.311 e. The fourth-order valence-electron chi connectivity index (χ4n) is 1.38. The number of nitrogens with zero attached hydrogens (tertiary/aromatic N) is 1. The Kier molecular flexibility index (Phi) is 3.50. The number of rotatable bonds is 3. The van der Waals surface area contributed by atoms with Gasteiger partial charge in [-0.2, -0.15) is 0 Å². The highest BCUT2D eigenvalue weighted by Crippen LogP contribution is 2.02. The van der Waals surface area contributed by atoms with Gasteiger partial charge < -0.3 is 4.98 Å². The lowest BCUT2D eigenvalue weighted by Gasteiger charge is -2.11. The molecule has 1 rings (SSSR count). The van der Waals surface area contributed by atoms with Gasteiger partial charge in [-0.1, -0.05) is 20.3 Å². The highest BCUT2D eigenvalue weighted by atomic mass is 16.2. The van der Waals surface area contributed by atoms with Crippen LogP contribution < -0.4 is 11.2 Å². The van der Waals surface area contributed by atoms with Gasteiger partial charge in [0.15, 0.2) is 0 Å². The van der Waals surface area contributed by atoms with E-state index in [-0.39, 0.29) is 11.2 Å². The highest BCUT2D eigenvalue weighted by Gasteiger charge is 2.09. The normalized spacial score (nSPS) is 12.8. The Morgan fingerprint density at radius 3 is 2.47 bits per heavy atom. The molecule has 1 aromatic heterocycles. The lowest BCUT2D eigenvalue weighted by molar-refractivity contribution is 0.444. The molecule has 0 aromatic carbocycles. The van der Waals surface area contributed by atoms with Crippen LogP contribution in [0.15, 0.2) is 9.59 Å². The molecule has 1 atom stereocenters. The van der Waals surface area contributed by atoms with E-state index < -0.39 is 0 Å². The Morgan fingerprint density at radius 1 is 1.33 bits per heavy atom. The van der Waals surface area contributed by atoms with Gasteiger partial charge >= 0.3 is 5.69 Å². The summed E-state index contributed by atoms with van der Waals surface area (Å²) in [5, 5.41) is 0. The lowest BCUT2D eigenvalue weighted by atomic mass is 10.1. The standard InChI is InChI=1S/C11H18N2O2/c1-5-7(2)6-13-10(14)8(3)9(4)12-11(13)15/h7H,5-6H2,1-4H3,(H,12,15). The summed E-state index contributed by atoms with van der Waals surface area (Å²) < 4.78 is 1.29. The van der Waals surface area contributed by atoms with Gasteiger partial charge in [-0.3, -0.25) is 9.36 Å². The minimum atomic E-state index is -0.302. The Hall–Kier alpha value is -1.32. The van der Waals surface area contributed by atoms with E-state index in [1.54, 1.807) is 13.8 Å². The molecule has 0 saturated carbocycles. The summed E-state index contributed by atoms with van der Waals surface area (Å²) in [6.45, 7) is 8.05. The fraction of sp³-hybridized carbons (Fsp3) is 0.636. The topological polar surface area (TPSA) is 54.9 Å². The van der Waals surface area contributed by atoms with E-state index in [9.17, 15) is 9.59 Å². The first kappa shape index (κ1) is 11.8. The molecule has 0 amide bonds. The van der Waals surface area contributed by atoms with Gasteiger partial charge in [0.05, 0.1) is 0 Å². The Morgan fingerprint density at radius 2 is 1.93 bits per heavy atom. The third kappa shape index (κ3) is 2.37. The van der Waals surface area contributed by atoms with E-state index >= 15 is 0 Å². The first-order chi connectivity index (χ1) is 6.97. The van der Waals surface area contributed by atoms with Crippen molar-refractivity contribution >= 4 is 0 Å². The second-order valence-electron chi connectivity index (χ2n) is 4.11. The van der Waals surface area contributed by atoms with E-state index in [1.807, 2.05) is 13.8 Å². The van der Waals surface area contributed by atoms with Gasteiger partial charge in [-0.15, -0.1) is 0 Å². The molecular weight excluding hydrogens is 192 g/mol. The molecule has 1 N–H and O–H groups in total. The van der Waals surface area contributed by atoms with Crippen LogP contribution in [0.1, 0.15) is 31.5 Å². The van der Waals surface area contributed by atoms with Crippen molar-refractivity contribution in [3.05, 3.63) is 32.1 Å². The molecule has 4 heteroatoms. The lowest BCUT2D eigenvalue weighted by Crippen LogP contribution is -2.38. The Bertz CT molecular complexity index is 457. The summed E-state index contributed by atoms with van der Waals surface area (Å²) in [4.78, 5) is 26.1. The zero-order valence-corrected chi connectivity index (χ0v) is 9.76. The fourth-order valence-corrected chi connectivity index (χ4v) is 1.38. The number of H-pyrrole nitrogens is 1. The molecule has 0 fully saturated rings. The Labute approximate surface area is 89.0 Å². The minimum absolute atomic E-state index is 0.170. The summed E-state index contributed by atoms with van der Waals surface area (Å²) in [5.41, 5.74) is 0.809. The van der Waals surface area contributed by atoms with Crippen LogP contribution in [0, 0.1) is 19.8 Å². The third-order valence-electron chi connectivity index (χ3n) is 2.86. The summed E-state index contributed by atoms with van der Waals surface area (Å²) in [6.07, 6.45) is 0.957. The van der Waals surface area contributed by atoms with Crippen LogP contribution in [0.4, 0.5) is 0 Å². The summed E-state index contributed by atoms with van der Waals surface area (Å²) in [6, 6.07) is 0. The van der Waals surface area contributed by atoms with E-state index in [0.717, 1.165) is 6.42 Å². The van der Waals surface area contributed by atoms with E-state index in [2.05, 4.69) is 4.98 Å². The van der Waals surface area contributed by atoms with Crippen LogP contribution in [0.5, 0.6) is 0 Å². The molecule has 0 spiro atoms. The van der Waals surface area contributed by atoms with Crippen LogP contribution in [0.3, 0.4) is 0 Å². The van der Waals surface area contributed by atoms with Crippen LogP contribution in [0.25, 0.3) is 0 Å². The monoisotopic (exact) mass is 210 g/mol. The molecule has 4 nitrogen and oxygen atoms in total. The first-order valence-corrected chi connectivity index (χ1v) is 5.27. The second kappa shape index (κ2) is 4.47. The molecule has 84 valence electrons. The maximum Gasteiger partial charge on any atom is 0.328 e. The third-order valence-corrected chi connectivity index (χ3v) is 2.86. The van der Waals surface area contributed by atoms with Crippen molar-refractivity contribution in [1.29, 1.82) is 0 Å². The van der Waals surface area contributed by atoms with Crippen LogP contribution in [-0.2, 0) is 6.54 Å². The second-order valence-corrected chi connectivity index (χ2v) is 4.11. The maximum absolute atomic E-state index is 11.8. The van der Waals surface area contributed by atoms with Gasteiger partial charge in [0.25, 0.3) is 5.56 Å². The Balaban J connectivity index is 3.25. The number of aromatic nitrogens is 2. The van der Waals surface area contributed by atoms with Crippen molar-refractivity contribution in [2.24, 2.45) is 5.92 Å². The van der Waals surface area contributed by atoms with Gasteiger partial charge in [0, 0.05) is 17.8 Å². The molecular formula is C11H18N2O2. The van der Waals surface area contributed by atoms with Crippen molar-refractivity contribution < 1.29 is 0 Å².